The van der Waals surface area contributed by atoms with Crippen molar-refractivity contribution in [1.82, 2.24) is 14.7 Å². The molecule has 1 aliphatic rings. The molecule has 0 aliphatic carbocycles. The molecule has 192 valence electrons. The Kier molecular flexibility index (Phi) is 8.16. The molecule has 0 amide bonds. The van der Waals surface area contributed by atoms with Gasteiger partial charge in [-0.15, -0.1) is 0 Å². The van der Waals surface area contributed by atoms with E-state index >= 15 is 0 Å². The van der Waals surface area contributed by atoms with E-state index in [0.717, 1.165) is 0 Å². The van der Waals surface area contributed by atoms with E-state index < -0.39 is 39.6 Å². The summed E-state index contributed by atoms with van der Waals surface area (Å²) in [5, 5.41) is 16.2. The molecular formula is C20H24N8O7S. The van der Waals surface area contributed by atoms with Crippen molar-refractivity contribution in [2.24, 2.45) is 5.11 Å². The summed E-state index contributed by atoms with van der Waals surface area (Å²) in [6.07, 6.45) is 0.329. The lowest BCUT2D eigenvalue weighted by molar-refractivity contribution is -0.0271. The summed E-state index contributed by atoms with van der Waals surface area (Å²) in [4.78, 5) is 28.0. The lowest BCUT2D eigenvalue weighted by atomic mass is 10.1. The molecule has 0 spiro atoms. The van der Waals surface area contributed by atoms with E-state index in [1.165, 1.54) is 41.1 Å². The fourth-order valence-corrected chi connectivity index (χ4v) is 4.28. The summed E-state index contributed by atoms with van der Waals surface area (Å²) in [6.45, 7) is 2.93. The fraction of sp³-hybridized carbons (Fsp3) is 0.350. The van der Waals surface area contributed by atoms with Crippen molar-refractivity contribution in [3.8, 4) is 0 Å². The molecule has 1 saturated heterocycles. The predicted octanol–water partition coefficient (Wildman–Crippen LogP) is 1.17. The van der Waals surface area contributed by atoms with Gasteiger partial charge in [0.25, 0.3) is 15.6 Å². The Morgan fingerprint density at radius 1 is 1.33 bits per heavy atom. The second kappa shape index (κ2) is 11.1. The molecule has 3 heterocycles. The van der Waals surface area contributed by atoms with Crippen molar-refractivity contribution in [3.63, 3.8) is 0 Å². The number of hydrogen-bond donors (Lipinski definition) is 4. The van der Waals surface area contributed by atoms with Crippen LogP contribution >= 0.6 is 0 Å². The third-order valence-electron chi connectivity index (χ3n) is 5.10. The van der Waals surface area contributed by atoms with Crippen LogP contribution in [0, 0.1) is 13.8 Å². The highest BCUT2D eigenvalue weighted by Crippen LogP contribution is 2.29. The van der Waals surface area contributed by atoms with Crippen LogP contribution in [0.25, 0.3) is 10.4 Å². The van der Waals surface area contributed by atoms with Crippen molar-refractivity contribution in [3.05, 3.63) is 79.1 Å². The number of nitrogens with zero attached hydrogens (tertiary/aromatic N) is 5. The minimum Gasteiger partial charge on any atom is -0.399 e. The number of sulfonamides is 1. The van der Waals surface area contributed by atoms with E-state index in [4.69, 9.17) is 25.6 Å². The molecule has 1 aliphatic heterocycles. The fourth-order valence-electron chi connectivity index (χ4n) is 3.30. The molecule has 3 atom stereocenters. The molecule has 15 nitrogen and oxygen atoms in total. The number of aryl methyl sites for hydroxylation is 2. The number of azide groups is 1. The number of ether oxygens (including phenoxy) is 1. The third kappa shape index (κ3) is 6.31. The van der Waals surface area contributed by atoms with Gasteiger partial charge in [0.05, 0.1) is 23.6 Å². The first-order valence-corrected chi connectivity index (χ1v) is 12.0. The Bertz CT molecular complexity index is 1470. The molecule has 4 rings (SSSR count). The molecule has 1 fully saturated rings. The predicted molar refractivity (Wildman–Crippen MR) is 128 cm³/mol. The maximum Gasteiger partial charge on any atom is 0.330 e. The van der Waals surface area contributed by atoms with Gasteiger partial charge in [0.15, 0.2) is 5.82 Å². The Balaban J connectivity index is 0.000000202. The molecule has 5 N–H and O–H groups in total. The number of nitrogen functional groups attached to an aromatic ring is 1. The van der Waals surface area contributed by atoms with E-state index in [0.29, 0.717) is 17.0 Å². The topological polar surface area (TPSA) is 231 Å². The molecule has 36 heavy (non-hydrogen) atoms. The van der Waals surface area contributed by atoms with E-state index in [2.05, 4.69) is 24.9 Å². The van der Waals surface area contributed by atoms with Crippen molar-refractivity contribution in [1.29, 1.82) is 0 Å². The maximum atomic E-state index is 11.9. The van der Waals surface area contributed by atoms with Gasteiger partial charge in [-0.1, -0.05) is 10.3 Å². The van der Waals surface area contributed by atoms with Crippen LogP contribution in [0.15, 0.2) is 60.7 Å². The van der Waals surface area contributed by atoms with Crippen LogP contribution in [0.1, 0.15) is 24.0 Å². The standard InChI is InChI=1S/C10H13N5O4.C10H11N3O3S/c1-5-3-15(10(18)12-9(5)17)8-2-6(13-14-11)7(4-16)19-8;1-7-6-10(12-16-7)13-17(14,15)9-4-2-8(11)3-5-9/h3,6-8,16H,2,4H2,1H3,(H,12,17,18);2-6H,11H2,1H3,(H,12,13)/t6-,7+,8+;/m0./s1. The molecule has 16 heteroatoms. The smallest absolute Gasteiger partial charge is 0.330 e. The maximum absolute atomic E-state index is 11.9. The molecular weight excluding hydrogens is 496 g/mol. The highest BCUT2D eigenvalue weighted by Gasteiger charge is 2.35. The normalized spacial score (nSPS) is 19.1. The summed E-state index contributed by atoms with van der Waals surface area (Å²) >= 11 is 0. The lowest BCUT2D eigenvalue weighted by Crippen LogP contribution is -2.33. The second-order valence-electron chi connectivity index (χ2n) is 7.80. The Labute approximate surface area is 204 Å². The van der Waals surface area contributed by atoms with Crippen LogP contribution in [0.2, 0.25) is 0 Å². The number of aliphatic hydroxyl groups is 1. The summed E-state index contributed by atoms with van der Waals surface area (Å²) in [7, 11) is -3.64. The molecule has 0 bridgehead atoms. The van der Waals surface area contributed by atoms with Gasteiger partial charge in [0.2, 0.25) is 0 Å². The van der Waals surface area contributed by atoms with Crippen LogP contribution in [0.5, 0.6) is 0 Å². The summed E-state index contributed by atoms with van der Waals surface area (Å²) in [5.41, 5.74) is 13.7. The molecule has 0 saturated carbocycles. The molecule has 2 aromatic heterocycles. The molecule has 1 aromatic carbocycles. The number of anilines is 2. The van der Waals surface area contributed by atoms with Crippen LogP contribution in [-0.2, 0) is 14.8 Å². The SMILES string of the molecule is Cc1cc(NS(=O)(=O)c2ccc(N)cc2)no1.Cc1cn([C@H]2C[C@H](N=[N+]=[N-])[C@@H](CO)O2)c(=O)[nH]c1=O. The average molecular weight is 521 g/mol. The van der Waals surface area contributed by atoms with Crippen LogP contribution in [0.3, 0.4) is 0 Å². The Hall–Kier alpha value is -4.11. The van der Waals surface area contributed by atoms with E-state index in [1.54, 1.807) is 13.8 Å². The van der Waals surface area contributed by atoms with E-state index in [-0.39, 0.29) is 23.7 Å². The minimum absolute atomic E-state index is 0.118. The average Bonchev–Trinajstić information content (AvgIpc) is 3.42. The van der Waals surface area contributed by atoms with E-state index in [9.17, 15) is 18.0 Å². The van der Waals surface area contributed by atoms with E-state index in [1.807, 2.05) is 0 Å². The quantitative estimate of drug-likeness (QED) is 0.158. The molecule has 3 aromatic rings. The van der Waals surface area contributed by atoms with Gasteiger partial charge in [0.1, 0.15) is 12.0 Å². The van der Waals surface area contributed by atoms with Crippen molar-refractivity contribution in [2.45, 2.75) is 43.5 Å². The number of benzene rings is 1. The van der Waals surface area contributed by atoms with Crippen LogP contribution in [-0.4, -0.2) is 47.0 Å². The van der Waals surface area contributed by atoms with Crippen molar-refractivity contribution < 1.29 is 22.8 Å². The number of aromatic amines is 1. The summed E-state index contributed by atoms with van der Waals surface area (Å²) in [6, 6.07) is 6.83. The van der Waals surface area contributed by atoms with Gasteiger partial charge >= 0.3 is 5.69 Å². The Morgan fingerprint density at radius 3 is 2.61 bits per heavy atom. The monoisotopic (exact) mass is 520 g/mol. The van der Waals surface area contributed by atoms with Gasteiger partial charge in [0, 0.05) is 34.8 Å². The van der Waals surface area contributed by atoms with Gasteiger partial charge in [-0.2, -0.15) is 0 Å². The highest BCUT2D eigenvalue weighted by atomic mass is 32.2. The van der Waals surface area contributed by atoms with Gasteiger partial charge in [-0.05, 0) is 43.6 Å². The number of aliphatic hydroxyl groups excluding tert-OH is 1. The highest BCUT2D eigenvalue weighted by molar-refractivity contribution is 7.92. The zero-order chi connectivity index (χ0) is 26.5. The first kappa shape index (κ1) is 26.5. The van der Waals surface area contributed by atoms with Crippen LogP contribution < -0.4 is 21.7 Å². The molecule has 0 radical (unpaired) electrons. The number of rotatable bonds is 6. The van der Waals surface area contributed by atoms with Crippen LogP contribution in [0.4, 0.5) is 11.5 Å². The van der Waals surface area contributed by atoms with Crippen molar-refractivity contribution >= 4 is 21.5 Å². The number of H-pyrrole nitrogens is 1. The Morgan fingerprint density at radius 2 is 2.03 bits per heavy atom. The largest absolute Gasteiger partial charge is 0.399 e. The van der Waals surface area contributed by atoms with Crippen molar-refractivity contribution in [2.75, 3.05) is 17.1 Å². The zero-order valence-electron chi connectivity index (χ0n) is 19.2. The lowest BCUT2D eigenvalue weighted by Gasteiger charge is -2.14. The summed E-state index contributed by atoms with van der Waals surface area (Å²) in [5.74, 6) is 0.680. The first-order chi connectivity index (χ1) is 17.0. The second-order valence-corrected chi connectivity index (χ2v) is 9.48. The first-order valence-electron chi connectivity index (χ1n) is 10.5. The third-order valence-corrected chi connectivity index (χ3v) is 6.47. The van der Waals surface area contributed by atoms with Gasteiger partial charge < -0.3 is 20.1 Å². The minimum atomic E-state index is -3.64. The number of hydrogen-bond acceptors (Lipinski definition) is 10. The van der Waals surface area contributed by atoms with Gasteiger partial charge in [-0.25, -0.2) is 13.2 Å². The number of nitrogens with one attached hydrogen (secondary N) is 2. The number of aromatic nitrogens is 3. The van der Waals surface area contributed by atoms with Gasteiger partial charge in [-0.3, -0.25) is 19.1 Å². The number of nitrogens with two attached hydrogens (primary N) is 1. The zero-order valence-corrected chi connectivity index (χ0v) is 20.0. The molecule has 0 unspecified atom stereocenters. The summed E-state index contributed by atoms with van der Waals surface area (Å²) < 4.78 is 37.5.